The molecule has 11 nitrogen and oxygen atoms in total. The summed E-state index contributed by atoms with van der Waals surface area (Å²) in [7, 11) is 0. The zero-order chi connectivity index (χ0) is 35.0. The molecule has 2 heterocycles. The van der Waals surface area contributed by atoms with Crippen LogP contribution >= 0.6 is 0 Å². The Morgan fingerprint density at radius 1 is 0.939 bits per heavy atom. The maximum Gasteiger partial charge on any atom is 0.407 e. The first-order valence-electron chi connectivity index (χ1n) is 16.8. The number of hydrogen-bond donors (Lipinski definition) is 2. The van der Waals surface area contributed by atoms with Gasteiger partial charge in [0.1, 0.15) is 5.60 Å². The fourth-order valence-electron chi connectivity index (χ4n) is 6.00. The second kappa shape index (κ2) is 15.8. The van der Waals surface area contributed by atoms with Crippen LogP contribution in [0.3, 0.4) is 0 Å². The normalized spacial score (nSPS) is 16.3. The second-order valence-corrected chi connectivity index (χ2v) is 13.4. The van der Waals surface area contributed by atoms with Gasteiger partial charge in [-0.2, -0.15) is 0 Å². The molecule has 0 saturated carbocycles. The predicted molar refractivity (Wildman–Crippen MR) is 187 cm³/mol. The predicted octanol–water partition coefficient (Wildman–Crippen LogP) is 5.62. The number of carbonyl (C=O) groups excluding carboxylic acids is 3. The summed E-state index contributed by atoms with van der Waals surface area (Å²) in [6.45, 7) is 9.81. The Kier molecular flexibility index (Phi) is 11.3. The zero-order valence-corrected chi connectivity index (χ0v) is 28.3. The average molecular weight is 666 g/mol. The number of ether oxygens (including phenoxy) is 1. The van der Waals surface area contributed by atoms with Crippen molar-refractivity contribution in [3.05, 3.63) is 99.1 Å². The van der Waals surface area contributed by atoms with E-state index in [9.17, 15) is 24.5 Å². The largest absolute Gasteiger partial charge is 0.444 e. The molecule has 1 atom stereocenters. The minimum Gasteiger partial charge on any atom is -0.444 e. The summed E-state index contributed by atoms with van der Waals surface area (Å²) in [5.74, 6) is 5.83. The number of nitrogens with one attached hydrogen (secondary N) is 2. The van der Waals surface area contributed by atoms with Gasteiger partial charge in [-0.05, 0) is 107 Å². The summed E-state index contributed by atoms with van der Waals surface area (Å²) in [6.07, 6.45) is 3.78. The highest BCUT2D eigenvalue weighted by Gasteiger charge is 2.29. The lowest BCUT2D eigenvalue weighted by Crippen LogP contribution is -2.41. The SMILES string of the molecule is CC(C)(C)OC(=O)NC1CCN(C(=O)c2cccc(-c3ccc([N+](=O)[O-])cc3C#Cc3ccc(C(=O)NCCN4CCCCC4)cc3)c2)C1. The third-order valence-corrected chi connectivity index (χ3v) is 8.48. The molecule has 2 saturated heterocycles. The van der Waals surface area contributed by atoms with Crippen molar-refractivity contribution in [1.29, 1.82) is 0 Å². The maximum absolute atomic E-state index is 13.5. The van der Waals surface area contributed by atoms with Crippen LogP contribution < -0.4 is 10.6 Å². The molecule has 256 valence electrons. The first kappa shape index (κ1) is 35.1. The lowest BCUT2D eigenvalue weighted by molar-refractivity contribution is -0.384. The van der Waals surface area contributed by atoms with Crippen molar-refractivity contribution in [2.75, 3.05) is 39.3 Å². The maximum atomic E-state index is 13.5. The van der Waals surface area contributed by atoms with Crippen LogP contribution in [-0.4, -0.2) is 83.5 Å². The van der Waals surface area contributed by atoms with Crippen molar-refractivity contribution in [3.63, 3.8) is 0 Å². The molecule has 11 heteroatoms. The smallest absolute Gasteiger partial charge is 0.407 e. The second-order valence-electron chi connectivity index (χ2n) is 13.4. The van der Waals surface area contributed by atoms with Gasteiger partial charge in [0.15, 0.2) is 0 Å². The van der Waals surface area contributed by atoms with E-state index in [2.05, 4.69) is 27.4 Å². The standard InChI is InChI=1S/C38H43N5O6/c1-38(2,3)49-37(46)40-32-18-22-42(26-32)36(45)31-9-7-8-29(24-31)34-17-16-33(43(47)48)25-30(34)15-12-27-10-13-28(14-11-27)35(44)39-19-23-41-20-5-4-6-21-41/h7-11,13-14,16-17,24-25,32H,4-6,18-23,26H2,1-3H3,(H,39,44)(H,40,46). The molecule has 5 rings (SSSR count). The number of carbonyl (C=O) groups is 3. The minimum absolute atomic E-state index is 0.0996. The van der Waals surface area contributed by atoms with Crippen molar-refractivity contribution in [1.82, 2.24) is 20.4 Å². The highest BCUT2D eigenvalue weighted by molar-refractivity contribution is 5.96. The first-order valence-corrected chi connectivity index (χ1v) is 16.8. The van der Waals surface area contributed by atoms with E-state index in [1.165, 1.54) is 31.4 Å². The summed E-state index contributed by atoms with van der Waals surface area (Å²) >= 11 is 0. The number of rotatable bonds is 8. The highest BCUT2D eigenvalue weighted by Crippen LogP contribution is 2.29. The lowest BCUT2D eigenvalue weighted by atomic mass is 9.97. The fraction of sp³-hybridized carbons (Fsp3) is 0.395. The quantitative estimate of drug-likeness (QED) is 0.181. The number of amides is 3. The number of alkyl carbamates (subject to hydrolysis) is 1. The Labute approximate surface area is 287 Å². The number of nitro groups is 1. The van der Waals surface area contributed by atoms with Crippen LogP contribution in [0.25, 0.3) is 11.1 Å². The summed E-state index contributed by atoms with van der Waals surface area (Å²) in [4.78, 5) is 53.6. The Bertz CT molecular complexity index is 1750. The molecule has 0 aromatic heterocycles. The molecule has 2 N–H and O–H groups in total. The molecule has 2 fully saturated rings. The van der Waals surface area contributed by atoms with Gasteiger partial charge in [-0.25, -0.2) is 4.79 Å². The van der Waals surface area contributed by atoms with Gasteiger partial charge in [0.25, 0.3) is 17.5 Å². The van der Waals surface area contributed by atoms with Gasteiger partial charge in [-0.3, -0.25) is 19.7 Å². The van der Waals surface area contributed by atoms with E-state index in [-0.39, 0.29) is 23.5 Å². The van der Waals surface area contributed by atoms with Gasteiger partial charge in [0.05, 0.1) is 11.0 Å². The Morgan fingerprint density at radius 2 is 1.69 bits per heavy atom. The molecule has 0 spiro atoms. The molecular formula is C38H43N5O6. The van der Waals surface area contributed by atoms with Gasteiger partial charge in [0.2, 0.25) is 0 Å². The van der Waals surface area contributed by atoms with E-state index in [1.54, 1.807) is 74.2 Å². The molecule has 3 amide bonds. The van der Waals surface area contributed by atoms with Crippen molar-refractivity contribution in [3.8, 4) is 23.0 Å². The van der Waals surface area contributed by atoms with E-state index < -0.39 is 16.6 Å². The van der Waals surface area contributed by atoms with Crippen LogP contribution in [0, 0.1) is 22.0 Å². The molecule has 3 aromatic carbocycles. The van der Waals surface area contributed by atoms with E-state index in [0.29, 0.717) is 59.4 Å². The van der Waals surface area contributed by atoms with Crippen LogP contribution in [0.2, 0.25) is 0 Å². The molecule has 0 bridgehead atoms. The molecule has 0 radical (unpaired) electrons. The van der Waals surface area contributed by atoms with E-state index in [1.807, 2.05) is 6.07 Å². The molecule has 3 aromatic rings. The molecule has 2 aliphatic rings. The number of non-ortho nitro benzene ring substituents is 1. The number of benzene rings is 3. The van der Waals surface area contributed by atoms with Gasteiger partial charge < -0.3 is 25.2 Å². The van der Waals surface area contributed by atoms with Crippen molar-refractivity contribution in [2.24, 2.45) is 0 Å². The topological polar surface area (TPSA) is 134 Å². The molecule has 2 aliphatic heterocycles. The van der Waals surface area contributed by atoms with Crippen LogP contribution in [0.1, 0.15) is 78.3 Å². The number of nitro benzene ring substituents is 1. The van der Waals surface area contributed by atoms with Crippen molar-refractivity contribution >= 4 is 23.6 Å². The van der Waals surface area contributed by atoms with Gasteiger partial charge in [0, 0.05) is 60.6 Å². The summed E-state index contributed by atoms with van der Waals surface area (Å²) in [6, 6.07) is 18.3. The number of hydrogen-bond acceptors (Lipinski definition) is 7. The van der Waals surface area contributed by atoms with Crippen LogP contribution in [0.15, 0.2) is 66.7 Å². The van der Waals surface area contributed by atoms with Crippen molar-refractivity contribution < 1.29 is 24.0 Å². The monoisotopic (exact) mass is 665 g/mol. The first-order chi connectivity index (χ1) is 23.4. The molecule has 0 aliphatic carbocycles. The van der Waals surface area contributed by atoms with Gasteiger partial charge in [-0.15, -0.1) is 0 Å². The molecule has 49 heavy (non-hydrogen) atoms. The van der Waals surface area contributed by atoms with E-state index in [0.717, 1.165) is 19.6 Å². The third-order valence-electron chi connectivity index (χ3n) is 8.48. The Hall–Kier alpha value is -5.21. The molecule has 1 unspecified atom stereocenters. The Morgan fingerprint density at radius 3 is 2.41 bits per heavy atom. The van der Waals surface area contributed by atoms with E-state index in [4.69, 9.17) is 4.74 Å². The minimum atomic E-state index is -0.617. The number of likely N-dealkylation sites (tertiary alicyclic amines) is 2. The summed E-state index contributed by atoms with van der Waals surface area (Å²) in [5, 5.41) is 17.4. The Balaban J connectivity index is 1.27. The average Bonchev–Trinajstić information content (AvgIpc) is 3.54. The highest BCUT2D eigenvalue weighted by atomic mass is 16.6. The van der Waals surface area contributed by atoms with Gasteiger partial charge >= 0.3 is 6.09 Å². The summed E-state index contributed by atoms with van der Waals surface area (Å²) in [5.41, 5.74) is 2.68. The lowest BCUT2D eigenvalue weighted by Gasteiger charge is -2.26. The van der Waals surface area contributed by atoms with Crippen molar-refractivity contribution in [2.45, 2.75) is 58.1 Å². The number of nitrogens with zero attached hydrogens (tertiary/aromatic N) is 3. The van der Waals surface area contributed by atoms with Crippen LogP contribution in [0.5, 0.6) is 0 Å². The van der Waals surface area contributed by atoms with Crippen LogP contribution in [-0.2, 0) is 4.74 Å². The molecular weight excluding hydrogens is 622 g/mol. The summed E-state index contributed by atoms with van der Waals surface area (Å²) < 4.78 is 5.35. The van der Waals surface area contributed by atoms with Crippen LogP contribution in [0.4, 0.5) is 10.5 Å². The number of piperidine rings is 1. The van der Waals surface area contributed by atoms with Gasteiger partial charge in [-0.1, -0.05) is 30.4 Å². The fourth-order valence-corrected chi connectivity index (χ4v) is 6.00. The zero-order valence-electron chi connectivity index (χ0n) is 28.3. The third kappa shape index (κ3) is 9.90. The van der Waals surface area contributed by atoms with E-state index >= 15 is 0 Å².